The van der Waals surface area contributed by atoms with Gasteiger partial charge in [0.2, 0.25) is 0 Å². The number of H-pyrrole nitrogens is 2. The third kappa shape index (κ3) is 3.20. The molecule has 12 heteroatoms. The summed E-state index contributed by atoms with van der Waals surface area (Å²) < 4.78 is 0. The number of benzene rings is 1. The van der Waals surface area contributed by atoms with Crippen molar-refractivity contribution in [3.63, 3.8) is 0 Å². The molecule has 0 fully saturated rings. The fraction of sp³-hybridized carbons (Fsp3) is 0.100. The Balaban J connectivity index is 1.61. The maximum Gasteiger partial charge on any atom is 0.305 e. The van der Waals surface area contributed by atoms with Crippen LogP contribution in [0.25, 0.3) is 0 Å². The first kappa shape index (κ1) is 20.7. The number of aromatic nitrogens is 2. The van der Waals surface area contributed by atoms with Crippen LogP contribution in [0.2, 0.25) is 0 Å². The molecule has 2 aliphatic rings. The highest BCUT2D eigenvalue weighted by atomic mass is 32.2. The van der Waals surface area contributed by atoms with Crippen molar-refractivity contribution in [3.8, 4) is 12.1 Å². The van der Waals surface area contributed by atoms with Gasteiger partial charge in [-0.1, -0.05) is 70.5 Å². The summed E-state index contributed by atoms with van der Waals surface area (Å²) in [5, 5.41) is 21.5. The molecule has 32 heavy (non-hydrogen) atoms. The van der Waals surface area contributed by atoms with Crippen molar-refractivity contribution in [2.75, 3.05) is 0 Å². The van der Waals surface area contributed by atoms with Crippen molar-refractivity contribution in [1.82, 2.24) is 9.97 Å². The van der Waals surface area contributed by atoms with E-state index in [4.69, 9.17) is 11.5 Å². The lowest BCUT2D eigenvalue weighted by atomic mass is 9.86. The predicted molar refractivity (Wildman–Crippen MR) is 125 cm³/mol. The van der Waals surface area contributed by atoms with Crippen molar-refractivity contribution in [2.45, 2.75) is 21.9 Å². The highest BCUT2D eigenvalue weighted by molar-refractivity contribution is 8.03. The summed E-state index contributed by atoms with van der Waals surface area (Å²) in [6, 6.07) is 11.8. The summed E-state index contributed by atoms with van der Waals surface area (Å²) in [5.41, 5.74) is 14.6. The fourth-order valence-electron chi connectivity index (χ4n) is 3.82. The molecule has 3 aromatic rings. The summed E-state index contributed by atoms with van der Waals surface area (Å²) in [6.07, 6.45) is 0. The van der Waals surface area contributed by atoms with Gasteiger partial charge in [-0.3, -0.25) is 9.59 Å². The maximum absolute atomic E-state index is 11.9. The van der Waals surface area contributed by atoms with Gasteiger partial charge in [-0.15, -0.1) is 0 Å². The topological polar surface area (TPSA) is 165 Å². The Kier molecular flexibility index (Phi) is 5.03. The lowest BCUT2D eigenvalue weighted by Crippen LogP contribution is -2.15. The first-order chi connectivity index (χ1) is 15.4. The lowest BCUT2D eigenvalue weighted by Gasteiger charge is -2.24. The minimum atomic E-state index is -0.453. The second kappa shape index (κ2) is 7.76. The number of hydrogen-bond acceptors (Lipinski definition) is 10. The summed E-state index contributed by atoms with van der Waals surface area (Å²) in [4.78, 5) is 30.5. The first-order valence-corrected chi connectivity index (χ1v) is 12.4. The Morgan fingerprint density at radius 2 is 1.12 bits per heavy atom. The molecular weight excluding hydrogens is 485 g/mol. The van der Waals surface area contributed by atoms with Crippen LogP contribution in [0.5, 0.6) is 0 Å². The van der Waals surface area contributed by atoms with Gasteiger partial charge in [0.25, 0.3) is 0 Å². The van der Waals surface area contributed by atoms with Gasteiger partial charge in [-0.2, -0.15) is 10.5 Å². The first-order valence-electron chi connectivity index (χ1n) is 9.12. The minimum absolute atomic E-state index is 0.204. The molecule has 2 atom stereocenters. The van der Waals surface area contributed by atoms with Crippen LogP contribution in [0, 0.1) is 22.7 Å². The standard InChI is InChI=1S/C20H12N6O2S4/c21-5-9-11(13-17(31-15(9)23)25-19(27)29-13)7-1-2-8(4-3-7)12-10(6-22)16(24)32-18-14(12)30-20(28)26-18/h1-4,11-12H,23-24H2,(H,25,27)(H,26,28). The Morgan fingerprint density at radius 1 is 0.750 bits per heavy atom. The number of nitriles is 2. The summed E-state index contributed by atoms with van der Waals surface area (Å²) >= 11 is 4.50. The van der Waals surface area contributed by atoms with Crippen LogP contribution in [0.4, 0.5) is 0 Å². The smallest absolute Gasteiger partial charge is 0.305 e. The molecule has 4 heterocycles. The van der Waals surface area contributed by atoms with Crippen molar-refractivity contribution >= 4 is 46.2 Å². The highest BCUT2D eigenvalue weighted by Gasteiger charge is 2.34. The third-order valence-corrected chi connectivity index (χ3v) is 9.27. The Hall–Kier alpha value is -3.16. The number of nitrogens with two attached hydrogens (primary N) is 2. The summed E-state index contributed by atoms with van der Waals surface area (Å²) in [7, 11) is 0. The average molecular weight is 497 g/mol. The SMILES string of the molecule is N#CC1=C(N)Sc2[nH]c(=O)sc2C1c1ccc(C2C(C#N)=C(N)Sc3[nH]c(=O)sc32)cc1. The second-order valence-electron chi connectivity index (χ2n) is 6.93. The van der Waals surface area contributed by atoms with Gasteiger partial charge in [0, 0.05) is 0 Å². The zero-order chi connectivity index (χ0) is 22.6. The van der Waals surface area contributed by atoms with E-state index in [1.807, 2.05) is 24.3 Å². The third-order valence-electron chi connectivity index (χ3n) is 5.18. The molecule has 6 N–H and O–H groups in total. The summed E-state index contributed by atoms with van der Waals surface area (Å²) in [6.45, 7) is 0. The molecule has 0 saturated heterocycles. The molecule has 0 aliphatic carbocycles. The number of allylic oxidation sites excluding steroid dienone is 2. The molecule has 0 spiro atoms. The van der Waals surface area contributed by atoms with Gasteiger partial charge < -0.3 is 21.4 Å². The zero-order valence-electron chi connectivity index (χ0n) is 16.0. The second-order valence-corrected chi connectivity index (χ2v) is 11.1. The number of aromatic amines is 2. The zero-order valence-corrected chi connectivity index (χ0v) is 19.2. The molecule has 0 amide bonds. The van der Waals surface area contributed by atoms with E-state index in [-0.39, 0.29) is 9.75 Å². The number of rotatable bonds is 2. The number of thioether (sulfide) groups is 2. The minimum Gasteiger partial charge on any atom is -0.392 e. The van der Waals surface area contributed by atoms with Crippen molar-refractivity contribution < 1.29 is 0 Å². The van der Waals surface area contributed by atoms with Crippen LogP contribution in [0.15, 0.2) is 65.1 Å². The van der Waals surface area contributed by atoms with Crippen LogP contribution in [-0.4, -0.2) is 9.97 Å². The predicted octanol–water partition coefficient (Wildman–Crippen LogP) is 3.05. The molecule has 8 nitrogen and oxygen atoms in total. The quantitative estimate of drug-likeness (QED) is 0.420. The molecule has 2 aromatic heterocycles. The molecule has 0 saturated carbocycles. The highest BCUT2D eigenvalue weighted by Crippen LogP contribution is 2.48. The lowest BCUT2D eigenvalue weighted by molar-refractivity contribution is 0.912. The van der Waals surface area contributed by atoms with Gasteiger partial charge in [0.05, 0.1) is 65.0 Å². The van der Waals surface area contributed by atoms with Crippen LogP contribution < -0.4 is 21.2 Å². The van der Waals surface area contributed by atoms with E-state index in [0.29, 0.717) is 31.3 Å². The van der Waals surface area contributed by atoms with Crippen LogP contribution >= 0.6 is 46.2 Å². The number of fused-ring (bicyclic) bond motifs is 2. The van der Waals surface area contributed by atoms with Gasteiger partial charge in [0.1, 0.15) is 0 Å². The molecular formula is C20H12N6O2S4. The van der Waals surface area contributed by atoms with Crippen LogP contribution in [-0.2, 0) is 0 Å². The van der Waals surface area contributed by atoms with E-state index in [1.165, 1.54) is 23.5 Å². The molecule has 5 rings (SSSR count). The van der Waals surface area contributed by atoms with Crippen molar-refractivity contribution in [1.29, 1.82) is 10.5 Å². The number of hydrogen-bond donors (Lipinski definition) is 4. The van der Waals surface area contributed by atoms with E-state index < -0.39 is 11.8 Å². The van der Waals surface area contributed by atoms with Crippen molar-refractivity contribution in [3.05, 3.63) is 85.7 Å². The molecule has 0 radical (unpaired) electrons. The molecule has 2 unspecified atom stereocenters. The number of nitrogens with one attached hydrogen (secondary N) is 2. The monoisotopic (exact) mass is 496 g/mol. The van der Waals surface area contributed by atoms with E-state index in [2.05, 4.69) is 22.1 Å². The Morgan fingerprint density at radius 3 is 1.47 bits per heavy atom. The largest absolute Gasteiger partial charge is 0.392 e. The average Bonchev–Trinajstić information content (AvgIpc) is 3.32. The van der Waals surface area contributed by atoms with E-state index in [0.717, 1.165) is 43.6 Å². The van der Waals surface area contributed by atoms with E-state index in [9.17, 15) is 20.1 Å². The van der Waals surface area contributed by atoms with E-state index in [1.54, 1.807) is 0 Å². The van der Waals surface area contributed by atoms with Gasteiger partial charge in [-0.25, -0.2) is 0 Å². The molecule has 2 aliphatic heterocycles. The molecule has 1 aromatic carbocycles. The van der Waals surface area contributed by atoms with E-state index >= 15 is 0 Å². The summed E-state index contributed by atoms with van der Waals surface area (Å²) in [5.74, 6) is -0.905. The maximum atomic E-state index is 11.9. The Bertz CT molecular complexity index is 1410. The Labute approximate surface area is 197 Å². The van der Waals surface area contributed by atoms with Gasteiger partial charge in [-0.05, 0) is 11.1 Å². The van der Waals surface area contributed by atoms with Crippen LogP contribution in [0.1, 0.15) is 32.7 Å². The van der Waals surface area contributed by atoms with Crippen LogP contribution in [0.3, 0.4) is 0 Å². The van der Waals surface area contributed by atoms with Gasteiger partial charge >= 0.3 is 9.75 Å². The number of nitrogens with zero attached hydrogens (tertiary/aromatic N) is 2. The molecule has 0 bridgehead atoms. The van der Waals surface area contributed by atoms with Crippen molar-refractivity contribution in [2.24, 2.45) is 11.5 Å². The fourth-order valence-corrected chi connectivity index (χ4v) is 7.89. The van der Waals surface area contributed by atoms with Gasteiger partial charge in [0.15, 0.2) is 0 Å². The molecule has 158 valence electrons. The normalized spacial score (nSPS) is 19.8. The number of thiazole rings is 2.